The first kappa shape index (κ1) is 24.2. The molecule has 0 aromatic heterocycles. The van der Waals surface area contributed by atoms with E-state index in [2.05, 4.69) is 0 Å². The van der Waals surface area contributed by atoms with Crippen LogP contribution in [0.4, 0.5) is 11.4 Å². The summed E-state index contributed by atoms with van der Waals surface area (Å²) in [5, 5.41) is 23.6. The predicted octanol–water partition coefficient (Wildman–Crippen LogP) is 2.28. The van der Waals surface area contributed by atoms with Gasteiger partial charge in [-0.15, -0.1) is 0 Å². The molecule has 2 aliphatic heterocycles. The van der Waals surface area contributed by atoms with Crippen LogP contribution in [0.2, 0.25) is 0 Å². The molecule has 13 heteroatoms. The Morgan fingerprint density at radius 2 is 1.82 bits per heavy atom. The highest BCUT2D eigenvalue weighted by atomic mass is 32.2. The fraction of sp³-hybridized carbons (Fsp3) is 0.429. The van der Waals surface area contributed by atoms with E-state index >= 15 is 0 Å². The van der Waals surface area contributed by atoms with Crippen molar-refractivity contribution in [2.24, 2.45) is 0 Å². The Hall–Kier alpha value is -2.97. The van der Waals surface area contributed by atoms with Gasteiger partial charge in [-0.25, -0.2) is 0 Å². The van der Waals surface area contributed by atoms with Gasteiger partial charge in [0.15, 0.2) is 5.60 Å². The number of aryl methyl sites for hydroxylation is 1. The second-order valence-corrected chi connectivity index (χ2v) is 9.91. The molecular weight excluding hydrogens is 472 g/mol. The lowest BCUT2D eigenvalue weighted by Crippen LogP contribution is -2.77. The first-order valence-corrected chi connectivity index (χ1v) is 11.6. The molecule has 34 heavy (non-hydrogen) atoms. The van der Waals surface area contributed by atoms with Gasteiger partial charge in [0.05, 0.1) is 16.2 Å². The van der Waals surface area contributed by atoms with E-state index in [0.717, 1.165) is 18.1 Å². The van der Waals surface area contributed by atoms with Gasteiger partial charge in [0.25, 0.3) is 11.5 Å². The number of hydrogen-bond donors (Lipinski definition) is 2. The number of nitro benzene ring substituents is 1. The Bertz CT molecular complexity index is 1280. The summed E-state index contributed by atoms with van der Waals surface area (Å²) in [7, 11) is -2.65. The number of aliphatic hydroxyl groups is 1. The van der Waals surface area contributed by atoms with Crippen LogP contribution in [0.3, 0.4) is 0 Å². The zero-order valence-electron chi connectivity index (χ0n) is 19.0. The molecule has 3 unspecified atom stereocenters. The molecule has 0 amide bonds. The van der Waals surface area contributed by atoms with E-state index in [-0.39, 0.29) is 28.4 Å². The summed E-state index contributed by atoms with van der Waals surface area (Å²) in [5.41, 5.74) is -5.82. The Balaban J connectivity index is 2.19. The highest BCUT2D eigenvalue weighted by Crippen LogP contribution is 2.59. The minimum absolute atomic E-state index is 0.0651. The second kappa shape index (κ2) is 7.52. The second-order valence-electron chi connectivity index (χ2n) is 8.48. The van der Waals surface area contributed by atoms with Crippen molar-refractivity contribution in [1.82, 2.24) is 0 Å². The van der Waals surface area contributed by atoms with Crippen molar-refractivity contribution in [2.45, 2.75) is 43.4 Å². The average molecular weight is 496 g/mol. The maximum absolute atomic E-state index is 12.5. The Labute approximate surface area is 195 Å². The lowest BCUT2D eigenvalue weighted by atomic mass is 9.78. The monoisotopic (exact) mass is 496 g/mol. The molecule has 4 rings (SSSR count). The van der Waals surface area contributed by atoms with Gasteiger partial charge in [0.2, 0.25) is 5.72 Å². The first-order valence-electron chi connectivity index (χ1n) is 10.1. The van der Waals surface area contributed by atoms with Crippen molar-refractivity contribution in [3.63, 3.8) is 0 Å². The van der Waals surface area contributed by atoms with E-state index in [9.17, 15) is 28.2 Å². The molecule has 2 aliphatic rings. The van der Waals surface area contributed by atoms with E-state index in [4.69, 9.17) is 18.9 Å². The third kappa shape index (κ3) is 3.01. The maximum Gasteiger partial charge on any atom is 0.324 e. The molecule has 2 aromatic carbocycles. The number of nitrogens with zero attached hydrogens (tertiary/aromatic N) is 2. The van der Waals surface area contributed by atoms with Crippen LogP contribution in [0.15, 0.2) is 36.4 Å². The highest BCUT2D eigenvalue weighted by molar-refractivity contribution is 7.86. The number of nitro groups is 1. The van der Waals surface area contributed by atoms with Gasteiger partial charge in [-0.1, -0.05) is 12.1 Å². The minimum Gasteiger partial charge on any atom is -0.482 e. The number of non-ortho nitro benzene ring substituents is 1. The fourth-order valence-electron chi connectivity index (χ4n) is 4.75. The molecule has 184 valence electrons. The van der Waals surface area contributed by atoms with Crippen LogP contribution in [0, 0.1) is 17.0 Å². The van der Waals surface area contributed by atoms with Crippen LogP contribution in [0.25, 0.3) is 0 Å². The topological polar surface area (TPSA) is 158 Å². The van der Waals surface area contributed by atoms with Gasteiger partial charge in [0, 0.05) is 26.4 Å². The SMILES string of the molecule is COC1(N2c3c(C)cccc3OC2S(=O)(=O)O)c2cc([N+](=O)[O-])ccc2OC(C)(C)C1(O)OC. The predicted molar refractivity (Wildman–Crippen MR) is 118 cm³/mol. The number of para-hydroxylation sites is 1. The number of fused-ring (bicyclic) bond motifs is 2. The molecule has 2 N–H and O–H groups in total. The van der Waals surface area contributed by atoms with Crippen LogP contribution in [-0.2, 0) is 25.3 Å². The molecular formula is C21H24N2O10S. The molecule has 0 bridgehead atoms. The molecule has 0 spiro atoms. The molecule has 0 saturated heterocycles. The van der Waals surface area contributed by atoms with Gasteiger partial charge in [-0.3, -0.25) is 19.6 Å². The number of ether oxygens (including phenoxy) is 4. The zero-order valence-corrected chi connectivity index (χ0v) is 19.8. The molecule has 2 aromatic rings. The molecule has 12 nitrogen and oxygen atoms in total. The van der Waals surface area contributed by atoms with Crippen LogP contribution in [0.1, 0.15) is 25.0 Å². The smallest absolute Gasteiger partial charge is 0.324 e. The van der Waals surface area contributed by atoms with Gasteiger partial charge < -0.3 is 24.1 Å². The number of anilines is 1. The summed E-state index contributed by atoms with van der Waals surface area (Å²) >= 11 is 0. The van der Waals surface area contributed by atoms with Crippen LogP contribution in [-0.4, -0.2) is 54.2 Å². The summed E-state index contributed by atoms with van der Waals surface area (Å²) in [6.07, 6.45) is 0. The van der Waals surface area contributed by atoms with Crippen molar-refractivity contribution in [2.75, 3.05) is 19.1 Å². The summed E-state index contributed by atoms with van der Waals surface area (Å²) in [6.45, 7) is 4.62. The van der Waals surface area contributed by atoms with Crippen LogP contribution >= 0.6 is 0 Å². The van der Waals surface area contributed by atoms with Crippen molar-refractivity contribution < 1.29 is 41.9 Å². The molecule has 0 aliphatic carbocycles. The molecule has 2 heterocycles. The van der Waals surface area contributed by atoms with Gasteiger partial charge in [0.1, 0.15) is 11.5 Å². The van der Waals surface area contributed by atoms with E-state index in [1.54, 1.807) is 19.1 Å². The number of hydrogen-bond acceptors (Lipinski definition) is 10. The van der Waals surface area contributed by atoms with Crippen molar-refractivity contribution in [3.8, 4) is 11.5 Å². The van der Waals surface area contributed by atoms with E-state index < -0.39 is 37.7 Å². The van der Waals surface area contributed by atoms with Crippen LogP contribution < -0.4 is 14.4 Å². The number of benzene rings is 2. The Morgan fingerprint density at radius 3 is 2.38 bits per heavy atom. The van der Waals surface area contributed by atoms with E-state index in [0.29, 0.717) is 5.56 Å². The zero-order chi connectivity index (χ0) is 25.3. The fourth-order valence-corrected chi connectivity index (χ4v) is 5.49. The normalized spacial score (nSPS) is 27.4. The minimum atomic E-state index is -4.98. The largest absolute Gasteiger partial charge is 0.482 e. The van der Waals surface area contributed by atoms with E-state index in [1.165, 1.54) is 39.2 Å². The average Bonchev–Trinajstić information content (AvgIpc) is 3.16. The summed E-state index contributed by atoms with van der Waals surface area (Å²) in [5.74, 6) is -2.35. The molecule has 0 fully saturated rings. The quantitative estimate of drug-likeness (QED) is 0.271. The van der Waals surface area contributed by atoms with Crippen molar-refractivity contribution in [1.29, 1.82) is 0 Å². The third-order valence-corrected chi connectivity index (χ3v) is 7.06. The maximum atomic E-state index is 12.5. The lowest BCUT2D eigenvalue weighted by Gasteiger charge is -2.58. The number of methoxy groups -OCH3 is 2. The van der Waals surface area contributed by atoms with Gasteiger partial charge in [-0.2, -0.15) is 8.42 Å². The van der Waals surface area contributed by atoms with E-state index in [1.807, 2.05) is 0 Å². The molecule has 0 saturated carbocycles. The Kier molecular flexibility index (Phi) is 5.34. The molecule has 3 atom stereocenters. The summed E-state index contributed by atoms with van der Waals surface area (Å²) < 4.78 is 58.2. The third-order valence-electron chi connectivity index (χ3n) is 6.24. The summed E-state index contributed by atoms with van der Waals surface area (Å²) in [4.78, 5) is 12.0. The summed E-state index contributed by atoms with van der Waals surface area (Å²) in [6, 6.07) is 8.37. The lowest BCUT2D eigenvalue weighted by molar-refractivity contribution is -0.386. The molecule has 0 radical (unpaired) electrons. The highest BCUT2D eigenvalue weighted by Gasteiger charge is 2.73. The van der Waals surface area contributed by atoms with Crippen molar-refractivity contribution in [3.05, 3.63) is 57.6 Å². The standard InChI is InChI=1S/C21H24N2O10S/c1-12-7-6-8-16-17(12)22(18(32-16)34(27,28)29)20(30-4)14-11-13(23(25)26)9-10-15(14)33-19(2,3)21(20,24)31-5/h6-11,18,24H,1-5H3,(H,27,28,29). The number of rotatable bonds is 5. The van der Waals surface area contributed by atoms with Crippen molar-refractivity contribution >= 4 is 21.5 Å². The van der Waals surface area contributed by atoms with Crippen LogP contribution in [0.5, 0.6) is 11.5 Å². The first-order chi connectivity index (χ1) is 15.7. The van der Waals surface area contributed by atoms with Gasteiger partial charge >= 0.3 is 15.7 Å². The Morgan fingerprint density at radius 1 is 1.15 bits per heavy atom. The van der Waals surface area contributed by atoms with Gasteiger partial charge in [-0.05, 0) is 38.5 Å².